The van der Waals surface area contributed by atoms with Crippen molar-refractivity contribution in [1.29, 1.82) is 0 Å². The summed E-state index contributed by atoms with van der Waals surface area (Å²) in [5, 5.41) is 8.03. The highest BCUT2D eigenvalue weighted by Gasteiger charge is 2.34. The first kappa shape index (κ1) is 21.7. The summed E-state index contributed by atoms with van der Waals surface area (Å²) in [6.07, 6.45) is 0.570. The molecule has 2 aromatic carbocycles. The lowest BCUT2D eigenvalue weighted by atomic mass is 10.0. The highest BCUT2D eigenvalue weighted by molar-refractivity contribution is 7.12. The van der Waals surface area contributed by atoms with E-state index in [2.05, 4.69) is 5.10 Å². The molecule has 1 aromatic heterocycles. The second-order valence-electron chi connectivity index (χ2n) is 7.43. The number of ether oxygens (including phenoxy) is 1. The lowest BCUT2D eigenvalue weighted by molar-refractivity contribution is -0.133. The summed E-state index contributed by atoms with van der Waals surface area (Å²) in [6, 6.07) is 16.6. The summed E-state index contributed by atoms with van der Waals surface area (Å²) in [5.41, 5.74) is 1.94. The number of hydrazone groups is 1. The first-order valence-corrected chi connectivity index (χ1v) is 10.9. The van der Waals surface area contributed by atoms with Crippen LogP contribution in [0.5, 0.6) is 5.75 Å². The molecule has 0 aliphatic carbocycles. The number of thiophene rings is 1. The maximum Gasteiger partial charge on any atom is 0.262 e. The minimum Gasteiger partial charge on any atom is -0.497 e. The largest absolute Gasteiger partial charge is 0.497 e. The van der Waals surface area contributed by atoms with Crippen molar-refractivity contribution >= 4 is 28.9 Å². The van der Waals surface area contributed by atoms with E-state index in [0.29, 0.717) is 6.42 Å². The molecule has 1 aliphatic rings. The lowest BCUT2D eigenvalue weighted by Crippen LogP contribution is -2.39. The summed E-state index contributed by atoms with van der Waals surface area (Å²) in [7, 11) is 3.12. The molecule has 6 nitrogen and oxygen atoms in total. The molecule has 32 heavy (non-hydrogen) atoms. The Labute approximate surface area is 189 Å². The molecular weight excluding hydrogens is 429 g/mol. The quantitative estimate of drug-likeness (QED) is 0.560. The number of methoxy groups -OCH3 is 1. The van der Waals surface area contributed by atoms with E-state index >= 15 is 0 Å². The monoisotopic (exact) mass is 451 g/mol. The molecule has 1 aliphatic heterocycles. The van der Waals surface area contributed by atoms with Crippen LogP contribution in [0.25, 0.3) is 0 Å². The Bertz CT molecular complexity index is 1150. The second-order valence-corrected chi connectivity index (χ2v) is 8.37. The third-order valence-electron chi connectivity index (χ3n) is 5.26. The fraction of sp³-hybridized carbons (Fsp3) is 0.208. The minimum absolute atomic E-state index is 0.177. The molecule has 0 spiro atoms. The van der Waals surface area contributed by atoms with Crippen LogP contribution in [0.2, 0.25) is 0 Å². The minimum atomic E-state index is -0.500. The molecular formula is C24H22FN3O3S. The van der Waals surface area contributed by atoms with E-state index in [4.69, 9.17) is 4.74 Å². The van der Waals surface area contributed by atoms with Crippen molar-refractivity contribution in [2.45, 2.75) is 12.5 Å². The van der Waals surface area contributed by atoms with Gasteiger partial charge in [0.1, 0.15) is 18.1 Å². The van der Waals surface area contributed by atoms with Gasteiger partial charge < -0.3 is 9.64 Å². The van der Waals surface area contributed by atoms with Gasteiger partial charge in [0.15, 0.2) is 0 Å². The fourth-order valence-electron chi connectivity index (χ4n) is 3.61. The first-order valence-electron chi connectivity index (χ1n) is 10.0. The number of hydrogen-bond acceptors (Lipinski definition) is 5. The molecule has 0 bridgehead atoms. The maximum atomic E-state index is 13.5. The van der Waals surface area contributed by atoms with Crippen molar-refractivity contribution < 1.29 is 18.7 Å². The summed E-state index contributed by atoms with van der Waals surface area (Å²) in [4.78, 5) is 28.2. The van der Waals surface area contributed by atoms with Gasteiger partial charge in [-0.25, -0.2) is 9.40 Å². The highest BCUT2D eigenvalue weighted by Crippen LogP contribution is 2.34. The Morgan fingerprint density at radius 3 is 2.62 bits per heavy atom. The number of likely N-dealkylation sites (N-methyl/N-ethyl adjacent to an activating group) is 1. The second kappa shape index (κ2) is 9.32. The predicted molar refractivity (Wildman–Crippen MR) is 121 cm³/mol. The Kier molecular flexibility index (Phi) is 6.32. The van der Waals surface area contributed by atoms with Gasteiger partial charge in [-0.2, -0.15) is 5.10 Å². The molecule has 0 N–H and O–H groups in total. The van der Waals surface area contributed by atoms with Gasteiger partial charge in [-0.15, -0.1) is 11.3 Å². The van der Waals surface area contributed by atoms with Gasteiger partial charge in [0.2, 0.25) is 0 Å². The number of benzene rings is 2. The molecule has 3 aromatic rings. The molecule has 164 valence electrons. The zero-order valence-electron chi connectivity index (χ0n) is 17.7. The Morgan fingerprint density at radius 1 is 1.19 bits per heavy atom. The van der Waals surface area contributed by atoms with Gasteiger partial charge in [0.05, 0.1) is 23.7 Å². The van der Waals surface area contributed by atoms with E-state index in [1.807, 2.05) is 41.8 Å². The Morgan fingerprint density at radius 2 is 1.97 bits per heavy atom. The third-order valence-corrected chi connectivity index (χ3v) is 6.18. The molecule has 0 unspecified atom stereocenters. The summed E-state index contributed by atoms with van der Waals surface area (Å²) in [6.45, 7) is -0.177. The van der Waals surface area contributed by atoms with Crippen molar-refractivity contribution in [2.75, 3.05) is 20.7 Å². The van der Waals surface area contributed by atoms with Crippen LogP contribution in [0.3, 0.4) is 0 Å². The van der Waals surface area contributed by atoms with E-state index in [1.54, 1.807) is 18.4 Å². The van der Waals surface area contributed by atoms with E-state index in [-0.39, 0.29) is 24.1 Å². The van der Waals surface area contributed by atoms with Crippen LogP contribution in [-0.4, -0.2) is 48.1 Å². The topological polar surface area (TPSA) is 62.2 Å². The van der Waals surface area contributed by atoms with E-state index in [9.17, 15) is 14.0 Å². The van der Waals surface area contributed by atoms with Gasteiger partial charge in [0.25, 0.3) is 11.8 Å². The fourth-order valence-corrected chi connectivity index (χ4v) is 4.33. The SMILES string of the molecule is COc1ccc([C@H]2CC(c3cccs3)=NN2C(=O)CN(C)C(=O)c2cccc(F)c2)cc1. The number of nitrogens with zero attached hydrogens (tertiary/aromatic N) is 3. The molecule has 2 heterocycles. The van der Waals surface area contributed by atoms with Crippen molar-refractivity contribution in [1.82, 2.24) is 9.91 Å². The summed E-state index contributed by atoms with van der Waals surface area (Å²) >= 11 is 1.57. The molecule has 0 radical (unpaired) electrons. The maximum absolute atomic E-state index is 13.5. The van der Waals surface area contributed by atoms with Crippen LogP contribution in [0.4, 0.5) is 4.39 Å². The normalized spacial score (nSPS) is 15.4. The Balaban J connectivity index is 1.56. The molecule has 8 heteroatoms. The van der Waals surface area contributed by atoms with Gasteiger partial charge in [-0.05, 0) is 47.3 Å². The van der Waals surface area contributed by atoms with Crippen LogP contribution >= 0.6 is 11.3 Å². The predicted octanol–water partition coefficient (Wildman–Crippen LogP) is 4.35. The number of rotatable bonds is 6. The van der Waals surface area contributed by atoms with Gasteiger partial charge >= 0.3 is 0 Å². The number of halogens is 1. The van der Waals surface area contributed by atoms with Crippen LogP contribution in [-0.2, 0) is 4.79 Å². The smallest absolute Gasteiger partial charge is 0.262 e. The highest BCUT2D eigenvalue weighted by atomic mass is 32.1. The van der Waals surface area contributed by atoms with Crippen LogP contribution < -0.4 is 4.74 Å². The zero-order valence-corrected chi connectivity index (χ0v) is 18.5. The number of hydrogen-bond donors (Lipinski definition) is 0. The van der Waals surface area contributed by atoms with E-state index in [1.165, 1.54) is 35.2 Å². The summed E-state index contributed by atoms with van der Waals surface area (Å²) < 4.78 is 18.7. The molecule has 0 fully saturated rings. The number of carbonyl (C=O) groups is 2. The average Bonchev–Trinajstić information content (AvgIpc) is 3.48. The van der Waals surface area contributed by atoms with Gasteiger partial charge in [0, 0.05) is 19.0 Å². The number of amides is 2. The summed E-state index contributed by atoms with van der Waals surface area (Å²) in [5.74, 6) is -0.519. The molecule has 0 saturated carbocycles. The average molecular weight is 452 g/mol. The van der Waals surface area contributed by atoms with Gasteiger partial charge in [-0.3, -0.25) is 9.59 Å². The van der Waals surface area contributed by atoms with Crippen molar-refractivity contribution in [3.05, 3.63) is 87.9 Å². The van der Waals surface area contributed by atoms with E-state index in [0.717, 1.165) is 28.0 Å². The van der Waals surface area contributed by atoms with Crippen molar-refractivity contribution in [3.63, 3.8) is 0 Å². The third kappa shape index (κ3) is 4.55. The van der Waals surface area contributed by atoms with Crippen LogP contribution in [0.15, 0.2) is 71.1 Å². The van der Waals surface area contributed by atoms with Crippen LogP contribution in [0, 0.1) is 5.82 Å². The van der Waals surface area contributed by atoms with Crippen molar-refractivity contribution in [2.24, 2.45) is 5.10 Å². The molecule has 0 saturated heterocycles. The number of carbonyl (C=O) groups excluding carboxylic acids is 2. The first-order chi connectivity index (χ1) is 15.5. The lowest BCUT2D eigenvalue weighted by Gasteiger charge is -2.25. The van der Waals surface area contributed by atoms with Gasteiger partial charge in [-0.1, -0.05) is 24.3 Å². The molecule has 2 amide bonds. The van der Waals surface area contributed by atoms with Crippen molar-refractivity contribution in [3.8, 4) is 5.75 Å². The molecule has 1 atom stereocenters. The standard InChI is InChI=1S/C24H22FN3O3S/c1-27(24(30)17-5-3-6-18(25)13-17)15-23(29)28-21(16-8-10-19(31-2)11-9-16)14-20(26-28)22-7-4-12-32-22/h3-13,21H,14-15H2,1-2H3/t21-/m1/s1. The van der Waals surface area contributed by atoms with E-state index < -0.39 is 11.7 Å². The zero-order chi connectivity index (χ0) is 22.7. The van der Waals surface area contributed by atoms with Crippen LogP contribution in [0.1, 0.15) is 33.3 Å². The molecule has 4 rings (SSSR count). The Hall–Kier alpha value is -3.52.